The van der Waals surface area contributed by atoms with E-state index in [0.29, 0.717) is 0 Å². The summed E-state index contributed by atoms with van der Waals surface area (Å²) in [6, 6.07) is 0. The molecule has 0 aliphatic heterocycles. The number of rotatable bonds is 79. The van der Waals surface area contributed by atoms with Crippen LogP contribution in [0.4, 0.5) is 0 Å². The third-order valence-electron chi connectivity index (χ3n) is 16.2. The predicted octanol–water partition coefficient (Wildman–Crippen LogP) is 1.18. The summed E-state index contributed by atoms with van der Waals surface area (Å²) in [4.78, 5) is 103. The number of hydrogen-bond acceptors (Lipinski definition) is 36. The summed E-state index contributed by atoms with van der Waals surface area (Å²) >= 11 is 0. The Morgan fingerprint density at radius 1 is 0.207 bits per heavy atom. The van der Waals surface area contributed by atoms with Gasteiger partial charge in [0.05, 0.1) is 282 Å². The maximum atomic E-state index is 15.2. The zero-order valence-corrected chi connectivity index (χ0v) is 67.5. The first kappa shape index (κ1) is 106. The van der Waals surface area contributed by atoms with Gasteiger partial charge >= 0.3 is 41.8 Å². The van der Waals surface area contributed by atoms with Crippen molar-refractivity contribution in [2.45, 2.75) is 163 Å². The molecule has 0 spiro atoms. The maximum absolute atomic E-state index is 15.2. The lowest BCUT2D eigenvalue weighted by Crippen LogP contribution is -2.35. The molecular weight excluding hydrogens is 1480 g/mol. The van der Waals surface area contributed by atoms with E-state index in [1.54, 1.807) is 62.3 Å². The Labute approximate surface area is 655 Å². The van der Waals surface area contributed by atoms with Crippen LogP contribution in [-0.4, -0.2) is 364 Å². The fourth-order valence-corrected chi connectivity index (χ4v) is 10.6. The largest absolute Gasteiger partial charge is 0.463 e. The van der Waals surface area contributed by atoms with Crippen molar-refractivity contribution in [1.29, 1.82) is 0 Å². The molecule has 7 N–H and O–H groups in total. The van der Waals surface area contributed by atoms with Crippen LogP contribution >= 0.6 is 0 Å². The van der Waals surface area contributed by atoms with E-state index in [4.69, 9.17) is 114 Å². The molecule has 0 aliphatic carbocycles. The highest BCUT2D eigenvalue weighted by Crippen LogP contribution is 2.35. The molecule has 0 aromatic rings. The number of aliphatic hydroxyl groups is 7. The minimum absolute atomic E-state index is 0.0159. The lowest BCUT2D eigenvalue weighted by Gasteiger charge is -2.29. The number of carbonyl (C=O) groups excluding carboxylic acids is 7. The van der Waals surface area contributed by atoms with Crippen LogP contribution in [0, 0.1) is 41.4 Å². The number of ether oxygens (including phenoxy) is 22. The second kappa shape index (κ2) is 71.9. The van der Waals surface area contributed by atoms with Crippen LogP contribution in [-0.2, 0) is 138 Å². The molecule has 0 aromatic heterocycles. The highest BCUT2D eigenvalue weighted by atomic mass is 16.6. The van der Waals surface area contributed by atoms with Crippen LogP contribution in [0.15, 0.2) is 0 Å². The zero-order chi connectivity index (χ0) is 82.7. The molecule has 0 aliphatic rings. The van der Waals surface area contributed by atoms with Gasteiger partial charge in [0.15, 0.2) is 0 Å². The van der Waals surface area contributed by atoms with Crippen LogP contribution < -0.4 is 0 Å². The van der Waals surface area contributed by atoms with Crippen molar-refractivity contribution in [1.82, 2.24) is 0 Å². The molecule has 111 heavy (non-hydrogen) atoms. The molecule has 654 valence electrons. The van der Waals surface area contributed by atoms with E-state index in [9.17, 15) is 44.7 Å². The Morgan fingerprint density at radius 2 is 0.378 bits per heavy atom. The van der Waals surface area contributed by atoms with Gasteiger partial charge in [0.2, 0.25) is 0 Å². The van der Waals surface area contributed by atoms with E-state index in [-0.39, 0.29) is 269 Å². The third kappa shape index (κ3) is 58.8. The fourth-order valence-electron chi connectivity index (χ4n) is 10.6. The Balaban J connectivity index is 8.25. The number of carbonyl (C=O) groups is 7. The summed E-state index contributed by atoms with van der Waals surface area (Å²) in [7, 11) is 0. The van der Waals surface area contributed by atoms with Crippen molar-refractivity contribution < 1.29 is 174 Å². The van der Waals surface area contributed by atoms with Gasteiger partial charge in [0, 0.05) is 0 Å². The second-order valence-corrected chi connectivity index (χ2v) is 26.6. The Kier molecular flexibility index (Phi) is 68.9. The van der Waals surface area contributed by atoms with E-state index in [1.165, 1.54) is 6.92 Å². The molecule has 36 heteroatoms. The molecule has 0 saturated carbocycles. The van der Waals surface area contributed by atoms with Gasteiger partial charge in [-0.15, -0.1) is 0 Å². The average molecular weight is 1620 g/mol. The van der Waals surface area contributed by atoms with Crippen molar-refractivity contribution in [3.63, 3.8) is 0 Å². The summed E-state index contributed by atoms with van der Waals surface area (Å²) in [5, 5.41) is 64.7. The minimum Gasteiger partial charge on any atom is -0.463 e. The lowest BCUT2D eigenvalue weighted by atomic mass is 9.78. The van der Waals surface area contributed by atoms with Gasteiger partial charge in [0.25, 0.3) is 0 Å². The molecule has 0 aromatic carbocycles. The SMILES string of the molecule is CCC(CC(CC(CC(CC(CC(CC(C)C(=O)OCCOCC(C)OCC(C)OCCO)C(=O)OCCOCC(C)OCCO)C(=O)OCCOCC(C)OCCO)C(=O)OCCOCC(C)OCCO)C(=O)OCCOCC(C)OCCO)C(=O)OCCOCC(C)OCCO)C(=O)OCCOCC(C)OCCO. The van der Waals surface area contributed by atoms with E-state index in [1.807, 2.05) is 0 Å². The zero-order valence-electron chi connectivity index (χ0n) is 67.5. The quantitative estimate of drug-likeness (QED) is 0.0255. The molecule has 0 bridgehead atoms. The van der Waals surface area contributed by atoms with Crippen LogP contribution in [0.5, 0.6) is 0 Å². The first-order valence-corrected chi connectivity index (χ1v) is 38.8. The van der Waals surface area contributed by atoms with Gasteiger partial charge in [-0.2, -0.15) is 0 Å². The lowest BCUT2D eigenvalue weighted by molar-refractivity contribution is -0.159. The van der Waals surface area contributed by atoms with E-state index < -0.39 is 146 Å². The normalized spacial score (nSPS) is 15.8. The average Bonchev–Trinajstić information content (AvgIpc) is 0.842. The van der Waals surface area contributed by atoms with Gasteiger partial charge in [-0.3, -0.25) is 33.6 Å². The predicted molar refractivity (Wildman–Crippen MR) is 393 cm³/mol. The molecule has 0 saturated heterocycles. The van der Waals surface area contributed by atoms with Crippen LogP contribution in [0.2, 0.25) is 0 Å². The standard InChI is InChI=1S/C75H138O36/c1-11-63(70(84)105-34-27-90-46-55(3)97-19-12-76)41-65(72(86)107-36-29-92-48-57(5)99-21-14-78)43-67(74(88)109-38-31-94-50-59(7)101-23-16-80)45-68(75(89)110-39-32-95-51-60(8)102-24-17-81)44-66(73(87)108-37-30-93-49-58(6)100-22-15-79)42-64(71(85)106-35-28-91-47-56(4)98-20-13-77)40-54(2)69(83)104-33-26-96-52-61(9)111-53-62(10)103-25-18-82/h54-68,76-82H,11-53H2,1-10H3. The summed E-state index contributed by atoms with van der Waals surface area (Å²) in [5.74, 6) is -15.5. The van der Waals surface area contributed by atoms with Crippen molar-refractivity contribution in [3.05, 3.63) is 0 Å². The number of hydrogen-bond donors (Lipinski definition) is 7. The molecule has 0 amide bonds. The van der Waals surface area contributed by atoms with Crippen molar-refractivity contribution >= 4 is 41.8 Å². The van der Waals surface area contributed by atoms with Crippen LogP contribution in [0.3, 0.4) is 0 Å². The van der Waals surface area contributed by atoms with Crippen LogP contribution in [0.25, 0.3) is 0 Å². The van der Waals surface area contributed by atoms with Gasteiger partial charge in [-0.25, -0.2) is 0 Å². The molecule has 15 atom stereocenters. The molecule has 15 unspecified atom stereocenters. The smallest absolute Gasteiger partial charge is 0.309 e. The third-order valence-corrected chi connectivity index (χ3v) is 16.2. The van der Waals surface area contributed by atoms with E-state index >= 15 is 14.4 Å². The molecule has 0 fully saturated rings. The summed E-state index contributed by atoms with van der Waals surface area (Å²) in [5.41, 5.74) is 0. The summed E-state index contributed by atoms with van der Waals surface area (Å²) in [6.45, 7) is 13.6. The Hall–Kier alpha value is -4.59. The highest BCUT2D eigenvalue weighted by Gasteiger charge is 2.41. The van der Waals surface area contributed by atoms with Crippen molar-refractivity contribution in [3.8, 4) is 0 Å². The molecule has 0 heterocycles. The minimum atomic E-state index is -1.53. The van der Waals surface area contributed by atoms with Crippen molar-refractivity contribution in [2.24, 2.45) is 41.4 Å². The van der Waals surface area contributed by atoms with E-state index in [2.05, 4.69) is 0 Å². The molecular formula is C75H138O36. The van der Waals surface area contributed by atoms with E-state index in [0.717, 1.165) is 0 Å². The van der Waals surface area contributed by atoms with Crippen molar-refractivity contribution in [2.75, 3.05) is 238 Å². The first-order valence-electron chi connectivity index (χ1n) is 38.8. The monoisotopic (exact) mass is 1610 g/mol. The topological polar surface area (TPSA) is 464 Å². The van der Waals surface area contributed by atoms with Gasteiger partial charge in [-0.05, 0) is 100 Å². The number of aliphatic hydroxyl groups excluding tert-OH is 7. The maximum Gasteiger partial charge on any atom is 0.309 e. The Morgan fingerprint density at radius 3 is 0.586 bits per heavy atom. The summed E-state index contributed by atoms with van der Waals surface area (Å²) in [6.07, 6.45) is -5.89. The highest BCUT2D eigenvalue weighted by molar-refractivity contribution is 5.81. The Bertz CT molecular complexity index is 2280. The molecule has 0 rings (SSSR count). The van der Waals surface area contributed by atoms with Crippen LogP contribution in [0.1, 0.15) is 114 Å². The second-order valence-electron chi connectivity index (χ2n) is 26.6. The van der Waals surface area contributed by atoms with Gasteiger partial charge < -0.3 is 140 Å². The number of esters is 7. The van der Waals surface area contributed by atoms with Gasteiger partial charge in [0.1, 0.15) is 46.2 Å². The summed E-state index contributed by atoms with van der Waals surface area (Å²) < 4.78 is 125. The molecule has 0 radical (unpaired) electrons. The van der Waals surface area contributed by atoms with Gasteiger partial charge in [-0.1, -0.05) is 13.8 Å². The fraction of sp³-hybridized carbons (Fsp3) is 0.907. The first-order chi connectivity index (χ1) is 53.4. The molecule has 36 nitrogen and oxygen atoms in total.